The summed E-state index contributed by atoms with van der Waals surface area (Å²) in [6.45, 7) is 2.22. The molecule has 0 spiro atoms. The Labute approximate surface area is 192 Å². The zero-order valence-corrected chi connectivity index (χ0v) is 18.8. The quantitative estimate of drug-likeness (QED) is 0.338. The van der Waals surface area contributed by atoms with Crippen LogP contribution in [-0.2, 0) is 18.3 Å². The number of benzene rings is 3. The second-order valence-electron chi connectivity index (χ2n) is 7.73. The number of nitrogens with zero attached hydrogens (tertiary/aromatic N) is 1. The van der Waals surface area contributed by atoms with Gasteiger partial charge in [-0.2, -0.15) is 0 Å². The SMILES string of the molecule is CCc1ccc(-c2c(C(C=O)COc3ccccc3)n(C)c(=O)c3ccc(Cl)cc23)cc1. The summed E-state index contributed by atoms with van der Waals surface area (Å²) in [5, 5.41) is 1.82. The highest BCUT2D eigenvalue weighted by Crippen LogP contribution is 2.35. The lowest BCUT2D eigenvalue weighted by atomic mass is 9.91. The molecule has 0 saturated heterocycles. The van der Waals surface area contributed by atoms with Gasteiger partial charge in [-0.1, -0.05) is 61.0 Å². The Hall–Kier alpha value is -3.37. The van der Waals surface area contributed by atoms with Crippen LogP contribution in [0.25, 0.3) is 21.9 Å². The first-order valence-corrected chi connectivity index (χ1v) is 11.0. The van der Waals surface area contributed by atoms with E-state index in [1.54, 1.807) is 29.8 Å². The molecule has 4 nitrogen and oxygen atoms in total. The average molecular weight is 446 g/mol. The smallest absolute Gasteiger partial charge is 0.258 e. The van der Waals surface area contributed by atoms with E-state index in [0.717, 1.165) is 29.2 Å². The Bertz CT molecular complexity index is 1310. The lowest BCUT2D eigenvalue weighted by Crippen LogP contribution is -2.26. The van der Waals surface area contributed by atoms with Crippen LogP contribution in [0.15, 0.2) is 77.6 Å². The number of carbonyl (C=O) groups is 1. The van der Waals surface area contributed by atoms with Crippen molar-refractivity contribution in [2.45, 2.75) is 19.3 Å². The van der Waals surface area contributed by atoms with E-state index in [2.05, 4.69) is 19.1 Å². The molecule has 3 aromatic carbocycles. The number of aromatic nitrogens is 1. The van der Waals surface area contributed by atoms with Crippen LogP contribution in [0.5, 0.6) is 5.75 Å². The van der Waals surface area contributed by atoms with Gasteiger partial charge in [0.05, 0.1) is 5.92 Å². The van der Waals surface area contributed by atoms with Crippen molar-refractivity contribution in [3.63, 3.8) is 0 Å². The zero-order chi connectivity index (χ0) is 22.7. The Morgan fingerprint density at radius 3 is 2.38 bits per heavy atom. The summed E-state index contributed by atoms with van der Waals surface area (Å²) in [5.41, 5.74) is 3.39. The standard InChI is InChI=1S/C27H24ClNO3/c1-3-18-9-11-19(12-10-18)25-24-15-21(28)13-14-23(24)27(31)29(2)26(25)20(16-30)17-32-22-7-5-4-6-8-22/h4-16,20H,3,17H2,1-2H3. The van der Waals surface area contributed by atoms with Gasteiger partial charge in [-0.15, -0.1) is 0 Å². The van der Waals surface area contributed by atoms with E-state index in [9.17, 15) is 9.59 Å². The molecule has 1 unspecified atom stereocenters. The normalized spacial score (nSPS) is 12.0. The first-order valence-electron chi connectivity index (χ1n) is 10.6. The summed E-state index contributed by atoms with van der Waals surface area (Å²) in [6, 6.07) is 22.8. The monoisotopic (exact) mass is 445 g/mol. The van der Waals surface area contributed by atoms with Gasteiger partial charge in [-0.05, 0) is 53.3 Å². The summed E-state index contributed by atoms with van der Waals surface area (Å²) in [6.07, 6.45) is 1.77. The topological polar surface area (TPSA) is 48.3 Å². The largest absolute Gasteiger partial charge is 0.492 e. The third kappa shape index (κ3) is 4.19. The van der Waals surface area contributed by atoms with Crippen LogP contribution in [0.4, 0.5) is 0 Å². The summed E-state index contributed by atoms with van der Waals surface area (Å²) < 4.78 is 7.46. The van der Waals surface area contributed by atoms with E-state index in [-0.39, 0.29) is 12.2 Å². The molecule has 5 heteroatoms. The number of aryl methyl sites for hydroxylation is 1. The van der Waals surface area contributed by atoms with Crippen molar-refractivity contribution in [3.05, 3.63) is 99.4 Å². The van der Waals surface area contributed by atoms with E-state index in [4.69, 9.17) is 16.3 Å². The Balaban J connectivity index is 1.94. The molecule has 0 radical (unpaired) electrons. The summed E-state index contributed by atoms with van der Waals surface area (Å²) >= 11 is 6.32. The first kappa shape index (κ1) is 21.8. The van der Waals surface area contributed by atoms with Gasteiger partial charge in [0.1, 0.15) is 18.6 Å². The second kappa shape index (κ2) is 9.41. The Kier molecular flexibility index (Phi) is 6.42. The summed E-state index contributed by atoms with van der Waals surface area (Å²) in [4.78, 5) is 25.5. The lowest BCUT2D eigenvalue weighted by molar-refractivity contribution is -0.109. The minimum absolute atomic E-state index is 0.118. The van der Waals surface area contributed by atoms with Gasteiger partial charge >= 0.3 is 0 Å². The highest BCUT2D eigenvalue weighted by molar-refractivity contribution is 6.31. The maximum absolute atomic E-state index is 13.2. The number of carbonyl (C=O) groups excluding carboxylic acids is 1. The van der Waals surface area contributed by atoms with Crippen molar-refractivity contribution >= 4 is 28.7 Å². The molecule has 4 rings (SSSR count). The molecular weight excluding hydrogens is 422 g/mol. The van der Waals surface area contributed by atoms with E-state index in [0.29, 0.717) is 21.9 Å². The molecule has 1 heterocycles. The van der Waals surface area contributed by atoms with Gasteiger partial charge < -0.3 is 14.1 Å². The van der Waals surface area contributed by atoms with Gasteiger partial charge in [0.2, 0.25) is 0 Å². The molecule has 0 N–H and O–H groups in total. The minimum Gasteiger partial charge on any atom is -0.492 e. The number of aldehydes is 1. The number of hydrogen-bond acceptors (Lipinski definition) is 3. The van der Waals surface area contributed by atoms with Crippen molar-refractivity contribution < 1.29 is 9.53 Å². The molecule has 0 amide bonds. The zero-order valence-electron chi connectivity index (χ0n) is 18.0. The van der Waals surface area contributed by atoms with Crippen LogP contribution >= 0.6 is 11.6 Å². The van der Waals surface area contributed by atoms with Gasteiger partial charge in [0.15, 0.2) is 0 Å². The number of rotatable bonds is 7. The molecule has 1 atom stereocenters. The van der Waals surface area contributed by atoms with Gasteiger partial charge in [-0.3, -0.25) is 4.79 Å². The molecule has 4 aromatic rings. The highest BCUT2D eigenvalue weighted by Gasteiger charge is 2.24. The molecule has 0 fully saturated rings. The molecule has 1 aromatic heterocycles. The molecule has 0 aliphatic heterocycles. The summed E-state index contributed by atoms with van der Waals surface area (Å²) in [7, 11) is 1.70. The molecular formula is C27H24ClNO3. The summed E-state index contributed by atoms with van der Waals surface area (Å²) in [5.74, 6) is 0.0270. The third-order valence-corrected chi connectivity index (χ3v) is 5.98. The third-order valence-electron chi connectivity index (χ3n) is 5.74. The van der Waals surface area contributed by atoms with Crippen molar-refractivity contribution in [1.82, 2.24) is 4.57 Å². The number of fused-ring (bicyclic) bond motifs is 1. The number of ether oxygens (including phenoxy) is 1. The Morgan fingerprint density at radius 2 is 1.72 bits per heavy atom. The van der Waals surface area contributed by atoms with Crippen LogP contribution in [-0.4, -0.2) is 17.5 Å². The van der Waals surface area contributed by atoms with Crippen molar-refractivity contribution in [2.75, 3.05) is 6.61 Å². The maximum Gasteiger partial charge on any atom is 0.258 e. The van der Waals surface area contributed by atoms with Crippen LogP contribution in [0.1, 0.15) is 24.1 Å². The predicted molar refractivity (Wildman–Crippen MR) is 130 cm³/mol. The number of pyridine rings is 1. The van der Waals surface area contributed by atoms with Crippen molar-refractivity contribution in [2.24, 2.45) is 7.05 Å². The number of hydrogen-bond donors (Lipinski definition) is 0. The molecule has 162 valence electrons. The van der Waals surface area contributed by atoms with Crippen LogP contribution in [0, 0.1) is 0 Å². The number of halogens is 1. The average Bonchev–Trinajstić information content (AvgIpc) is 2.83. The van der Waals surface area contributed by atoms with Gasteiger partial charge in [0, 0.05) is 28.7 Å². The molecule has 32 heavy (non-hydrogen) atoms. The molecule has 0 saturated carbocycles. The van der Waals surface area contributed by atoms with Crippen LogP contribution in [0.3, 0.4) is 0 Å². The van der Waals surface area contributed by atoms with Crippen molar-refractivity contribution in [3.8, 4) is 16.9 Å². The highest BCUT2D eigenvalue weighted by atomic mass is 35.5. The Morgan fingerprint density at radius 1 is 1.00 bits per heavy atom. The van der Waals surface area contributed by atoms with E-state index >= 15 is 0 Å². The second-order valence-corrected chi connectivity index (χ2v) is 8.17. The molecule has 0 aliphatic rings. The van der Waals surface area contributed by atoms with Crippen LogP contribution in [0.2, 0.25) is 5.02 Å². The first-order chi connectivity index (χ1) is 15.5. The molecule has 0 bridgehead atoms. The van der Waals surface area contributed by atoms with Crippen LogP contribution < -0.4 is 10.3 Å². The van der Waals surface area contributed by atoms with E-state index in [1.807, 2.05) is 42.5 Å². The van der Waals surface area contributed by atoms with Gasteiger partial charge in [0.25, 0.3) is 5.56 Å². The minimum atomic E-state index is -0.642. The van der Waals surface area contributed by atoms with Crippen molar-refractivity contribution in [1.29, 1.82) is 0 Å². The van der Waals surface area contributed by atoms with Gasteiger partial charge in [-0.25, -0.2) is 0 Å². The lowest BCUT2D eigenvalue weighted by Gasteiger charge is -2.22. The number of para-hydroxylation sites is 1. The fraction of sp³-hybridized carbons (Fsp3) is 0.185. The van der Waals surface area contributed by atoms with E-state index in [1.165, 1.54) is 5.56 Å². The van der Waals surface area contributed by atoms with E-state index < -0.39 is 5.92 Å². The molecule has 0 aliphatic carbocycles. The fourth-order valence-electron chi connectivity index (χ4n) is 4.04. The predicted octanol–water partition coefficient (Wildman–Crippen LogP) is 5.78. The maximum atomic E-state index is 13.2. The fourth-order valence-corrected chi connectivity index (χ4v) is 4.21.